The topological polar surface area (TPSA) is 59.0 Å². The van der Waals surface area contributed by atoms with Gasteiger partial charge in [0, 0.05) is 24.8 Å². The lowest BCUT2D eigenvalue weighted by atomic mass is 10.1. The van der Waals surface area contributed by atoms with Crippen LogP contribution in [0.3, 0.4) is 0 Å². The summed E-state index contributed by atoms with van der Waals surface area (Å²) in [6, 6.07) is 8.10. The molecule has 1 saturated heterocycles. The summed E-state index contributed by atoms with van der Waals surface area (Å²) in [7, 11) is 0. The van der Waals surface area contributed by atoms with E-state index in [-0.39, 0.29) is 5.91 Å². The molecular formula is C15H18N4O. The van der Waals surface area contributed by atoms with Crippen molar-refractivity contribution in [3.8, 4) is 0 Å². The molecule has 1 aromatic heterocycles. The summed E-state index contributed by atoms with van der Waals surface area (Å²) in [6.45, 7) is 3.95. The van der Waals surface area contributed by atoms with Gasteiger partial charge in [-0.15, -0.1) is 0 Å². The molecule has 0 aliphatic carbocycles. The number of anilines is 1. The van der Waals surface area contributed by atoms with Crippen molar-refractivity contribution in [2.24, 2.45) is 0 Å². The number of carbonyl (C=O) groups excluding carboxylic acids is 1. The molecule has 5 nitrogen and oxygen atoms in total. The Balaban J connectivity index is 1.69. The maximum absolute atomic E-state index is 12.2. The minimum atomic E-state index is -0.0911. The highest BCUT2D eigenvalue weighted by atomic mass is 16.1. The number of rotatable bonds is 4. The van der Waals surface area contributed by atoms with Crippen molar-refractivity contribution >= 4 is 11.6 Å². The van der Waals surface area contributed by atoms with Gasteiger partial charge in [-0.2, -0.15) is 5.10 Å². The first-order chi connectivity index (χ1) is 9.76. The van der Waals surface area contributed by atoms with E-state index in [9.17, 15) is 4.79 Å². The van der Waals surface area contributed by atoms with Crippen LogP contribution in [0.4, 0.5) is 5.69 Å². The molecule has 1 aromatic carbocycles. The molecule has 3 rings (SSSR count). The minimum absolute atomic E-state index is 0.0911. The average Bonchev–Trinajstić information content (AvgIpc) is 2.85. The molecule has 5 heteroatoms. The molecule has 1 amide bonds. The lowest BCUT2D eigenvalue weighted by Gasteiger charge is -2.27. The van der Waals surface area contributed by atoms with Crippen LogP contribution in [0, 0.1) is 0 Å². The van der Waals surface area contributed by atoms with Gasteiger partial charge in [0.15, 0.2) is 0 Å². The highest BCUT2D eigenvalue weighted by molar-refractivity contribution is 6.04. The zero-order chi connectivity index (χ0) is 13.9. The Labute approximate surface area is 118 Å². The third-order valence-corrected chi connectivity index (χ3v) is 3.59. The number of hydrogen-bond acceptors (Lipinski definition) is 3. The van der Waals surface area contributed by atoms with E-state index in [1.165, 1.54) is 0 Å². The number of hydrogen-bond donors (Lipinski definition) is 2. The van der Waals surface area contributed by atoms with Crippen LogP contribution in [0.2, 0.25) is 0 Å². The van der Waals surface area contributed by atoms with Crippen molar-refractivity contribution in [3.63, 3.8) is 0 Å². The van der Waals surface area contributed by atoms with Gasteiger partial charge in [0.1, 0.15) is 0 Å². The van der Waals surface area contributed by atoms with E-state index in [1.807, 2.05) is 35.1 Å². The molecule has 2 aromatic rings. The third-order valence-electron chi connectivity index (χ3n) is 3.59. The van der Waals surface area contributed by atoms with Crippen LogP contribution in [0.1, 0.15) is 28.9 Å². The van der Waals surface area contributed by atoms with Crippen molar-refractivity contribution in [1.82, 2.24) is 15.1 Å². The minimum Gasteiger partial charge on any atom is -0.319 e. The van der Waals surface area contributed by atoms with Gasteiger partial charge < -0.3 is 10.6 Å². The van der Waals surface area contributed by atoms with Gasteiger partial charge in [-0.05, 0) is 24.1 Å². The second kappa shape index (κ2) is 5.46. The van der Waals surface area contributed by atoms with Crippen molar-refractivity contribution in [1.29, 1.82) is 0 Å². The Morgan fingerprint density at radius 2 is 2.35 bits per heavy atom. The van der Waals surface area contributed by atoms with Gasteiger partial charge in [0.25, 0.3) is 5.91 Å². The summed E-state index contributed by atoms with van der Waals surface area (Å²) < 4.78 is 1.90. The fraction of sp³-hybridized carbons (Fsp3) is 0.333. The van der Waals surface area contributed by atoms with Gasteiger partial charge in [-0.3, -0.25) is 9.48 Å². The van der Waals surface area contributed by atoms with E-state index < -0.39 is 0 Å². The smallest absolute Gasteiger partial charge is 0.255 e. The largest absolute Gasteiger partial charge is 0.319 e. The highest BCUT2D eigenvalue weighted by Crippen LogP contribution is 2.15. The average molecular weight is 270 g/mol. The van der Waals surface area contributed by atoms with Gasteiger partial charge in [-0.1, -0.05) is 19.1 Å². The predicted octanol–water partition coefficient (Wildman–Crippen LogP) is 1.84. The summed E-state index contributed by atoms with van der Waals surface area (Å²) in [6.07, 6.45) is 4.50. The highest BCUT2D eigenvalue weighted by Gasteiger charge is 2.19. The second-order valence-corrected chi connectivity index (χ2v) is 5.03. The van der Waals surface area contributed by atoms with Gasteiger partial charge in [0.2, 0.25) is 0 Å². The molecule has 0 saturated carbocycles. The number of aryl methyl sites for hydroxylation is 1. The molecule has 20 heavy (non-hydrogen) atoms. The molecule has 0 radical (unpaired) electrons. The van der Waals surface area contributed by atoms with Crippen LogP contribution in [0.5, 0.6) is 0 Å². The Morgan fingerprint density at radius 1 is 1.50 bits per heavy atom. The van der Waals surface area contributed by atoms with Crippen LogP contribution < -0.4 is 10.6 Å². The fourth-order valence-corrected chi connectivity index (χ4v) is 2.20. The summed E-state index contributed by atoms with van der Waals surface area (Å²) in [5.41, 5.74) is 2.58. The van der Waals surface area contributed by atoms with Crippen molar-refractivity contribution in [3.05, 3.63) is 47.8 Å². The van der Waals surface area contributed by atoms with Gasteiger partial charge in [-0.25, -0.2) is 0 Å². The zero-order valence-corrected chi connectivity index (χ0v) is 11.5. The first-order valence-corrected chi connectivity index (χ1v) is 6.91. The maximum Gasteiger partial charge on any atom is 0.255 e. The summed E-state index contributed by atoms with van der Waals surface area (Å²) >= 11 is 0. The van der Waals surface area contributed by atoms with Gasteiger partial charge in [0.05, 0.1) is 17.9 Å². The van der Waals surface area contributed by atoms with Crippen LogP contribution in [0.15, 0.2) is 36.7 Å². The van der Waals surface area contributed by atoms with Crippen LogP contribution >= 0.6 is 0 Å². The van der Waals surface area contributed by atoms with Crippen molar-refractivity contribution in [2.75, 3.05) is 18.4 Å². The van der Waals surface area contributed by atoms with Crippen molar-refractivity contribution < 1.29 is 4.79 Å². The van der Waals surface area contributed by atoms with Gasteiger partial charge >= 0.3 is 0 Å². The van der Waals surface area contributed by atoms with E-state index in [1.54, 1.807) is 6.20 Å². The maximum atomic E-state index is 12.2. The number of amides is 1. The zero-order valence-electron chi connectivity index (χ0n) is 11.5. The number of carbonyl (C=O) groups is 1. The molecule has 0 unspecified atom stereocenters. The molecule has 0 spiro atoms. The van der Waals surface area contributed by atoms with Crippen LogP contribution in [0.25, 0.3) is 0 Å². The van der Waals surface area contributed by atoms with E-state index in [2.05, 4.69) is 22.7 Å². The van der Waals surface area contributed by atoms with E-state index in [0.29, 0.717) is 11.6 Å². The quantitative estimate of drug-likeness (QED) is 0.891. The normalized spacial score (nSPS) is 14.8. The molecule has 2 heterocycles. The Hall–Kier alpha value is -2.14. The summed E-state index contributed by atoms with van der Waals surface area (Å²) in [4.78, 5) is 12.2. The molecule has 2 N–H and O–H groups in total. The standard InChI is InChI=1S/C15H18N4O/c1-2-11-4-3-5-12(6-11)15(20)18-13-7-17-19(10-13)14-8-16-9-14/h3-7,10,14,16H,2,8-9H2,1H3,(H,18,20). The number of benzene rings is 1. The SMILES string of the molecule is CCc1cccc(C(=O)Nc2cnn(C3CNC3)c2)c1. The molecular weight excluding hydrogens is 252 g/mol. The predicted molar refractivity (Wildman–Crippen MR) is 77.9 cm³/mol. The Morgan fingerprint density at radius 3 is 3.05 bits per heavy atom. The first-order valence-electron chi connectivity index (χ1n) is 6.91. The molecule has 1 fully saturated rings. The monoisotopic (exact) mass is 270 g/mol. The molecule has 104 valence electrons. The van der Waals surface area contributed by atoms with E-state index >= 15 is 0 Å². The number of aromatic nitrogens is 2. The molecule has 0 atom stereocenters. The van der Waals surface area contributed by atoms with Crippen molar-refractivity contribution in [2.45, 2.75) is 19.4 Å². The molecule has 1 aliphatic heterocycles. The number of nitrogens with one attached hydrogen (secondary N) is 2. The second-order valence-electron chi connectivity index (χ2n) is 5.03. The lowest BCUT2D eigenvalue weighted by Crippen LogP contribution is -2.43. The summed E-state index contributed by atoms with van der Waals surface area (Å²) in [5, 5.41) is 10.4. The molecule has 1 aliphatic rings. The Kier molecular flexibility index (Phi) is 3.52. The van der Waals surface area contributed by atoms with E-state index in [4.69, 9.17) is 0 Å². The van der Waals surface area contributed by atoms with E-state index in [0.717, 1.165) is 30.8 Å². The van der Waals surface area contributed by atoms with Crippen LogP contribution in [-0.2, 0) is 6.42 Å². The number of nitrogens with zero attached hydrogens (tertiary/aromatic N) is 2. The van der Waals surface area contributed by atoms with Crippen LogP contribution in [-0.4, -0.2) is 28.8 Å². The first kappa shape index (κ1) is 12.9. The lowest BCUT2D eigenvalue weighted by molar-refractivity contribution is 0.102. The summed E-state index contributed by atoms with van der Waals surface area (Å²) in [5.74, 6) is -0.0911. The Bertz CT molecular complexity index is 616. The fourth-order valence-electron chi connectivity index (χ4n) is 2.20. The molecule has 0 bridgehead atoms. The third kappa shape index (κ3) is 2.58.